The van der Waals surface area contributed by atoms with Gasteiger partial charge in [-0.15, -0.1) is 0 Å². The molecule has 0 saturated carbocycles. The van der Waals surface area contributed by atoms with E-state index in [-0.39, 0.29) is 17.6 Å². The zero-order valence-corrected chi connectivity index (χ0v) is 11.7. The Hall–Kier alpha value is -1.34. The largest absolute Gasteiger partial charge is 0.481 e. The van der Waals surface area contributed by atoms with Crippen LogP contribution in [-0.2, 0) is 14.8 Å². The summed E-state index contributed by atoms with van der Waals surface area (Å²) in [5, 5.41) is 8.95. The van der Waals surface area contributed by atoms with Crippen molar-refractivity contribution < 1.29 is 22.7 Å². The molecule has 1 aliphatic rings. The van der Waals surface area contributed by atoms with Crippen LogP contribution in [0, 0.1) is 18.8 Å². The number of carbonyl (C=O) groups is 1. The summed E-state index contributed by atoms with van der Waals surface area (Å²) in [4.78, 5) is 11.1. The molecule has 2 unspecified atom stereocenters. The molecule has 0 amide bonds. The van der Waals surface area contributed by atoms with E-state index in [0.717, 1.165) is 0 Å². The lowest BCUT2D eigenvalue weighted by molar-refractivity contribution is -0.143. The molecule has 2 heterocycles. The van der Waals surface area contributed by atoms with Gasteiger partial charge in [-0.25, -0.2) is 8.42 Å². The maximum absolute atomic E-state index is 12.4. The fraction of sp³-hybridized carbons (Fsp3) is 0.583. The van der Waals surface area contributed by atoms with Crippen LogP contribution in [0.1, 0.15) is 19.1 Å². The number of aryl methyl sites for hydroxylation is 1. The summed E-state index contributed by atoms with van der Waals surface area (Å²) in [6, 6.07) is 2.98. The Kier molecular flexibility index (Phi) is 3.69. The Morgan fingerprint density at radius 2 is 2.11 bits per heavy atom. The SMILES string of the molecule is Cc1ccc(S(=O)(=O)N2CC(C)CC(C(=O)O)C2)o1. The van der Waals surface area contributed by atoms with E-state index in [0.29, 0.717) is 18.7 Å². The van der Waals surface area contributed by atoms with Gasteiger partial charge < -0.3 is 9.52 Å². The molecular weight excluding hydrogens is 270 g/mol. The van der Waals surface area contributed by atoms with E-state index in [1.165, 1.54) is 10.4 Å². The normalized spacial score (nSPS) is 25.4. The Labute approximate surface area is 112 Å². The molecule has 0 aliphatic carbocycles. The van der Waals surface area contributed by atoms with Gasteiger partial charge in [-0.3, -0.25) is 4.79 Å². The van der Waals surface area contributed by atoms with Gasteiger partial charge in [0.05, 0.1) is 5.92 Å². The van der Waals surface area contributed by atoms with Crippen LogP contribution in [0.5, 0.6) is 0 Å². The number of hydrogen-bond acceptors (Lipinski definition) is 4. The van der Waals surface area contributed by atoms with Crippen molar-refractivity contribution in [2.45, 2.75) is 25.4 Å². The smallest absolute Gasteiger partial charge is 0.307 e. The maximum Gasteiger partial charge on any atom is 0.307 e. The summed E-state index contributed by atoms with van der Waals surface area (Å²) in [5.41, 5.74) is 0. The molecule has 0 aromatic carbocycles. The summed E-state index contributed by atoms with van der Waals surface area (Å²) in [6.45, 7) is 3.84. The standard InChI is InChI=1S/C12H17NO5S/c1-8-5-10(12(14)15)7-13(6-8)19(16,17)11-4-3-9(2)18-11/h3-4,8,10H,5-7H2,1-2H3,(H,14,15). The van der Waals surface area contributed by atoms with Crippen molar-refractivity contribution in [3.8, 4) is 0 Å². The number of carboxylic acids is 1. The van der Waals surface area contributed by atoms with Gasteiger partial charge in [0.2, 0.25) is 5.09 Å². The molecule has 2 atom stereocenters. The molecule has 1 N–H and O–H groups in total. The minimum Gasteiger partial charge on any atom is -0.481 e. The number of rotatable bonds is 3. The highest BCUT2D eigenvalue weighted by molar-refractivity contribution is 7.89. The van der Waals surface area contributed by atoms with E-state index in [9.17, 15) is 13.2 Å². The fourth-order valence-electron chi connectivity index (χ4n) is 2.36. The number of carboxylic acid groups (broad SMARTS) is 1. The molecule has 19 heavy (non-hydrogen) atoms. The maximum atomic E-state index is 12.4. The summed E-state index contributed by atoms with van der Waals surface area (Å²) in [7, 11) is -3.74. The number of aliphatic carboxylic acids is 1. The van der Waals surface area contributed by atoms with E-state index < -0.39 is 21.9 Å². The Morgan fingerprint density at radius 1 is 1.42 bits per heavy atom. The van der Waals surface area contributed by atoms with Crippen molar-refractivity contribution in [1.82, 2.24) is 4.31 Å². The van der Waals surface area contributed by atoms with Crippen molar-refractivity contribution in [3.05, 3.63) is 17.9 Å². The first-order valence-electron chi connectivity index (χ1n) is 6.10. The van der Waals surface area contributed by atoms with Crippen molar-refractivity contribution >= 4 is 16.0 Å². The van der Waals surface area contributed by atoms with E-state index in [4.69, 9.17) is 9.52 Å². The molecule has 6 nitrogen and oxygen atoms in total. The Balaban J connectivity index is 2.27. The minimum absolute atomic E-state index is 0.00174. The lowest BCUT2D eigenvalue weighted by Gasteiger charge is -2.33. The molecule has 2 rings (SSSR count). The molecule has 1 aromatic rings. The quantitative estimate of drug-likeness (QED) is 0.905. The van der Waals surface area contributed by atoms with Gasteiger partial charge in [-0.2, -0.15) is 4.31 Å². The highest BCUT2D eigenvalue weighted by atomic mass is 32.2. The number of sulfonamides is 1. The van der Waals surface area contributed by atoms with Crippen LogP contribution >= 0.6 is 0 Å². The average molecular weight is 287 g/mol. The third-order valence-electron chi connectivity index (χ3n) is 3.29. The number of hydrogen-bond donors (Lipinski definition) is 1. The van der Waals surface area contributed by atoms with Crippen molar-refractivity contribution in [2.24, 2.45) is 11.8 Å². The molecule has 1 fully saturated rings. The van der Waals surface area contributed by atoms with Gasteiger partial charge in [-0.1, -0.05) is 6.92 Å². The zero-order chi connectivity index (χ0) is 14.2. The minimum atomic E-state index is -3.74. The Bertz CT molecular complexity index is 577. The van der Waals surface area contributed by atoms with Crippen molar-refractivity contribution in [1.29, 1.82) is 0 Å². The number of furan rings is 1. The second kappa shape index (κ2) is 4.97. The van der Waals surface area contributed by atoms with Crippen LogP contribution in [0.4, 0.5) is 0 Å². The molecular formula is C12H17NO5S. The fourth-order valence-corrected chi connectivity index (χ4v) is 3.91. The van der Waals surface area contributed by atoms with Crippen LogP contribution < -0.4 is 0 Å². The number of nitrogens with zero attached hydrogens (tertiary/aromatic N) is 1. The molecule has 1 aliphatic heterocycles. The van der Waals surface area contributed by atoms with Gasteiger partial charge in [0.1, 0.15) is 5.76 Å². The zero-order valence-electron chi connectivity index (χ0n) is 10.9. The summed E-state index contributed by atoms with van der Waals surface area (Å²) < 4.78 is 31.1. The molecule has 0 spiro atoms. The second-order valence-electron chi connectivity index (χ2n) is 5.06. The lowest BCUT2D eigenvalue weighted by atomic mass is 9.92. The van der Waals surface area contributed by atoms with Crippen molar-refractivity contribution in [3.63, 3.8) is 0 Å². The van der Waals surface area contributed by atoms with Gasteiger partial charge in [-0.05, 0) is 31.4 Å². The first-order valence-corrected chi connectivity index (χ1v) is 7.54. The molecule has 1 aromatic heterocycles. The third-order valence-corrected chi connectivity index (χ3v) is 4.99. The molecule has 0 bridgehead atoms. The van der Waals surface area contributed by atoms with Gasteiger partial charge in [0.25, 0.3) is 10.0 Å². The lowest BCUT2D eigenvalue weighted by Crippen LogP contribution is -2.45. The van der Waals surface area contributed by atoms with E-state index >= 15 is 0 Å². The molecule has 0 radical (unpaired) electrons. The van der Waals surface area contributed by atoms with Gasteiger partial charge in [0, 0.05) is 13.1 Å². The van der Waals surface area contributed by atoms with E-state index in [1.54, 1.807) is 13.0 Å². The Morgan fingerprint density at radius 3 is 2.63 bits per heavy atom. The molecule has 1 saturated heterocycles. The highest BCUT2D eigenvalue weighted by Crippen LogP contribution is 2.27. The average Bonchev–Trinajstić information content (AvgIpc) is 2.75. The first kappa shape index (κ1) is 14.1. The topological polar surface area (TPSA) is 87.8 Å². The van der Waals surface area contributed by atoms with Crippen molar-refractivity contribution in [2.75, 3.05) is 13.1 Å². The van der Waals surface area contributed by atoms with Gasteiger partial charge in [0.15, 0.2) is 0 Å². The summed E-state index contributed by atoms with van der Waals surface area (Å²) in [6.07, 6.45) is 0.499. The highest BCUT2D eigenvalue weighted by Gasteiger charge is 2.37. The summed E-state index contributed by atoms with van der Waals surface area (Å²) >= 11 is 0. The van der Waals surface area contributed by atoms with Crippen LogP contribution in [-0.4, -0.2) is 36.9 Å². The third kappa shape index (κ3) is 2.82. The second-order valence-corrected chi connectivity index (χ2v) is 6.93. The van der Waals surface area contributed by atoms with Crippen LogP contribution in [0.15, 0.2) is 21.6 Å². The first-order chi connectivity index (χ1) is 8.80. The van der Waals surface area contributed by atoms with Crippen LogP contribution in [0.3, 0.4) is 0 Å². The van der Waals surface area contributed by atoms with Gasteiger partial charge >= 0.3 is 5.97 Å². The van der Waals surface area contributed by atoms with E-state index in [1.807, 2.05) is 6.92 Å². The molecule has 7 heteroatoms. The molecule has 106 valence electrons. The number of piperidine rings is 1. The van der Waals surface area contributed by atoms with Crippen LogP contribution in [0.2, 0.25) is 0 Å². The van der Waals surface area contributed by atoms with Crippen LogP contribution in [0.25, 0.3) is 0 Å². The summed E-state index contributed by atoms with van der Waals surface area (Å²) in [5.74, 6) is -1.09. The monoisotopic (exact) mass is 287 g/mol. The van der Waals surface area contributed by atoms with E-state index in [2.05, 4.69) is 0 Å². The predicted molar refractivity (Wildman–Crippen MR) is 67.1 cm³/mol. The predicted octanol–water partition coefficient (Wildman–Crippen LogP) is 1.32.